The minimum Gasteiger partial charge on any atom is -0.353 e. The summed E-state index contributed by atoms with van der Waals surface area (Å²) >= 11 is 12.2. The maximum absolute atomic E-state index is 13.0. The standard InChI is InChI=1S/C20H28Cl2N2O3S/c1-13-5-3-8-18(14(13)2)23-20(25)15-9-11-24(12-10-15)28(26,27)19-16(21)6-4-7-17(19)22/h4,6-7,13-15,18H,3,5,8-12H2,1-2H3,(H,23,25). The average Bonchev–Trinajstić information content (AvgIpc) is 2.65. The van der Waals surface area contributed by atoms with Crippen molar-refractivity contribution in [1.29, 1.82) is 0 Å². The van der Waals surface area contributed by atoms with E-state index in [1.165, 1.54) is 22.9 Å². The first-order valence-corrected chi connectivity index (χ1v) is 12.2. The van der Waals surface area contributed by atoms with Crippen LogP contribution in [0.5, 0.6) is 0 Å². The van der Waals surface area contributed by atoms with E-state index in [4.69, 9.17) is 23.2 Å². The van der Waals surface area contributed by atoms with Crippen LogP contribution in [0, 0.1) is 17.8 Å². The Kier molecular flexibility index (Phi) is 6.96. The van der Waals surface area contributed by atoms with Gasteiger partial charge in [0.2, 0.25) is 15.9 Å². The third kappa shape index (κ3) is 4.50. The first-order chi connectivity index (χ1) is 13.2. The number of carbonyl (C=O) groups is 1. The molecular weight excluding hydrogens is 419 g/mol. The molecule has 1 heterocycles. The molecule has 1 N–H and O–H groups in total. The zero-order valence-corrected chi connectivity index (χ0v) is 18.7. The van der Waals surface area contributed by atoms with Crippen LogP contribution in [-0.2, 0) is 14.8 Å². The van der Waals surface area contributed by atoms with E-state index in [1.54, 1.807) is 6.07 Å². The third-order valence-electron chi connectivity index (χ3n) is 6.38. The first kappa shape index (κ1) is 21.9. The summed E-state index contributed by atoms with van der Waals surface area (Å²) in [5, 5.41) is 3.46. The van der Waals surface area contributed by atoms with Crippen molar-refractivity contribution in [3.8, 4) is 0 Å². The van der Waals surface area contributed by atoms with Crippen LogP contribution >= 0.6 is 23.2 Å². The number of benzene rings is 1. The Morgan fingerprint density at radius 1 is 1.07 bits per heavy atom. The highest BCUT2D eigenvalue weighted by Gasteiger charge is 2.36. The number of sulfonamides is 1. The van der Waals surface area contributed by atoms with Crippen LogP contribution in [0.3, 0.4) is 0 Å². The summed E-state index contributed by atoms with van der Waals surface area (Å²) in [6, 6.07) is 4.88. The Morgan fingerprint density at radius 2 is 1.68 bits per heavy atom. The highest BCUT2D eigenvalue weighted by Crippen LogP contribution is 2.34. The number of nitrogens with zero attached hydrogens (tertiary/aromatic N) is 1. The van der Waals surface area contributed by atoms with E-state index in [0.29, 0.717) is 37.8 Å². The summed E-state index contributed by atoms with van der Waals surface area (Å²) in [5.41, 5.74) is 0. The second kappa shape index (κ2) is 8.90. The molecule has 3 atom stereocenters. The van der Waals surface area contributed by atoms with Crippen molar-refractivity contribution < 1.29 is 13.2 Å². The van der Waals surface area contributed by atoms with E-state index in [1.807, 2.05) is 0 Å². The van der Waals surface area contributed by atoms with Crippen LogP contribution in [0.2, 0.25) is 10.0 Å². The van der Waals surface area contributed by atoms with E-state index < -0.39 is 10.0 Å². The highest BCUT2D eigenvalue weighted by molar-refractivity contribution is 7.89. The van der Waals surface area contributed by atoms with Gasteiger partial charge in [-0.25, -0.2) is 8.42 Å². The van der Waals surface area contributed by atoms with Gasteiger partial charge >= 0.3 is 0 Å². The average molecular weight is 447 g/mol. The van der Waals surface area contributed by atoms with E-state index in [0.717, 1.165) is 12.8 Å². The number of nitrogens with one attached hydrogen (secondary N) is 1. The zero-order valence-electron chi connectivity index (χ0n) is 16.3. The summed E-state index contributed by atoms with van der Waals surface area (Å²) in [5.74, 6) is 0.989. The quantitative estimate of drug-likeness (QED) is 0.747. The molecule has 1 aromatic rings. The van der Waals surface area contributed by atoms with Gasteiger partial charge in [-0.05, 0) is 43.2 Å². The number of rotatable bonds is 4. The van der Waals surface area contributed by atoms with E-state index >= 15 is 0 Å². The molecule has 1 aromatic carbocycles. The second-order valence-corrected chi connectivity index (χ2v) is 10.8. The third-order valence-corrected chi connectivity index (χ3v) is 9.23. The van der Waals surface area contributed by atoms with Crippen molar-refractivity contribution >= 4 is 39.1 Å². The van der Waals surface area contributed by atoms with Gasteiger partial charge in [-0.15, -0.1) is 0 Å². The van der Waals surface area contributed by atoms with Gasteiger partial charge in [0.05, 0.1) is 10.0 Å². The number of hydrogen-bond donors (Lipinski definition) is 1. The minimum atomic E-state index is -3.78. The van der Waals surface area contributed by atoms with Crippen LogP contribution in [0.15, 0.2) is 23.1 Å². The van der Waals surface area contributed by atoms with Gasteiger partial charge < -0.3 is 5.32 Å². The molecule has 1 amide bonds. The number of carbonyl (C=O) groups excluding carboxylic acids is 1. The molecule has 0 bridgehead atoms. The molecule has 1 saturated heterocycles. The first-order valence-electron chi connectivity index (χ1n) is 9.96. The topological polar surface area (TPSA) is 66.5 Å². The van der Waals surface area contributed by atoms with Gasteiger partial charge in [-0.1, -0.05) is 56.0 Å². The molecule has 28 heavy (non-hydrogen) atoms. The van der Waals surface area contributed by atoms with Crippen LogP contribution in [-0.4, -0.2) is 37.8 Å². The number of hydrogen-bond acceptors (Lipinski definition) is 3. The highest BCUT2D eigenvalue weighted by atomic mass is 35.5. The molecule has 2 aliphatic rings. The van der Waals surface area contributed by atoms with Gasteiger partial charge in [-0.2, -0.15) is 4.31 Å². The Balaban J connectivity index is 1.62. The predicted octanol–water partition coefficient (Wildman–Crippen LogP) is 4.34. The largest absolute Gasteiger partial charge is 0.353 e. The molecule has 3 unspecified atom stereocenters. The molecule has 156 valence electrons. The van der Waals surface area contributed by atoms with E-state index in [9.17, 15) is 13.2 Å². The fourth-order valence-corrected chi connectivity index (χ4v) is 6.86. The van der Waals surface area contributed by atoms with Gasteiger partial charge in [-0.3, -0.25) is 4.79 Å². The predicted molar refractivity (Wildman–Crippen MR) is 112 cm³/mol. The van der Waals surface area contributed by atoms with Crippen molar-refractivity contribution in [2.24, 2.45) is 17.8 Å². The lowest BCUT2D eigenvalue weighted by atomic mass is 9.78. The van der Waals surface area contributed by atoms with E-state index in [-0.39, 0.29) is 32.8 Å². The fraction of sp³-hybridized carbons (Fsp3) is 0.650. The second-order valence-electron chi connectivity index (χ2n) is 8.11. The number of piperidine rings is 1. The molecule has 1 aliphatic carbocycles. The lowest BCUT2D eigenvalue weighted by molar-refractivity contribution is -0.127. The normalized spacial score (nSPS) is 27.5. The van der Waals surface area contributed by atoms with Crippen molar-refractivity contribution in [2.45, 2.75) is 56.9 Å². The van der Waals surface area contributed by atoms with Crippen LogP contribution in [0.25, 0.3) is 0 Å². The molecule has 1 saturated carbocycles. The zero-order chi connectivity index (χ0) is 20.5. The summed E-state index contributed by atoms with van der Waals surface area (Å²) in [6.45, 7) is 5.03. The number of halogens is 2. The smallest absolute Gasteiger partial charge is 0.246 e. The summed E-state index contributed by atoms with van der Waals surface area (Å²) in [6.07, 6.45) is 4.39. The maximum Gasteiger partial charge on any atom is 0.246 e. The van der Waals surface area contributed by atoms with Gasteiger partial charge in [0.25, 0.3) is 0 Å². The molecular formula is C20H28Cl2N2O3S. The molecule has 2 fully saturated rings. The van der Waals surface area contributed by atoms with Crippen molar-refractivity contribution in [3.63, 3.8) is 0 Å². The Morgan fingerprint density at radius 3 is 2.29 bits per heavy atom. The van der Waals surface area contributed by atoms with Crippen LogP contribution < -0.4 is 5.32 Å². The molecule has 0 radical (unpaired) electrons. The summed E-state index contributed by atoms with van der Waals surface area (Å²) < 4.78 is 27.3. The lowest BCUT2D eigenvalue weighted by Gasteiger charge is -2.36. The lowest BCUT2D eigenvalue weighted by Crippen LogP contribution is -2.48. The maximum atomic E-state index is 13.0. The minimum absolute atomic E-state index is 0.0498. The van der Waals surface area contributed by atoms with Crippen molar-refractivity contribution in [3.05, 3.63) is 28.2 Å². The Bertz CT molecular complexity index is 802. The number of amides is 1. The van der Waals surface area contributed by atoms with Crippen molar-refractivity contribution in [1.82, 2.24) is 9.62 Å². The van der Waals surface area contributed by atoms with Gasteiger partial charge in [0.1, 0.15) is 4.90 Å². The van der Waals surface area contributed by atoms with Crippen LogP contribution in [0.1, 0.15) is 46.0 Å². The molecule has 3 rings (SSSR count). The molecule has 1 aliphatic heterocycles. The van der Waals surface area contributed by atoms with E-state index in [2.05, 4.69) is 19.2 Å². The SMILES string of the molecule is CC1CCCC(NC(=O)C2CCN(S(=O)(=O)c3c(Cl)cccc3Cl)CC2)C1C. The van der Waals surface area contributed by atoms with Crippen molar-refractivity contribution in [2.75, 3.05) is 13.1 Å². The van der Waals surface area contributed by atoms with Gasteiger partial charge in [0, 0.05) is 25.0 Å². The molecule has 5 nitrogen and oxygen atoms in total. The van der Waals surface area contributed by atoms with Crippen LogP contribution in [0.4, 0.5) is 0 Å². The monoisotopic (exact) mass is 446 g/mol. The Labute approximate surface area is 177 Å². The van der Waals surface area contributed by atoms with Gasteiger partial charge in [0.15, 0.2) is 0 Å². The summed E-state index contributed by atoms with van der Waals surface area (Å²) in [4.78, 5) is 12.7. The molecule has 0 aromatic heterocycles. The Hall–Kier alpha value is -0.820. The molecule has 8 heteroatoms. The molecule has 0 spiro atoms. The fourth-order valence-electron chi connectivity index (χ4n) is 4.30. The summed E-state index contributed by atoms with van der Waals surface area (Å²) in [7, 11) is -3.78.